The fraction of sp³-hybridized carbons (Fsp3) is 0.929. The van der Waals surface area contributed by atoms with Crippen molar-refractivity contribution in [1.29, 1.82) is 0 Å². The number of rotatable bonds is 7. The molecular weight excluding hydrogens is 278 g/mol. The number of aliphatic imine (C=N–C) groups is 1. The van der Waals surface area contributed by atoms with Crippen molar-refractivity contribution in [2.45, 2.75) is 75.2 Å². The van der Waals surface area contributed by atoms with Crippen LogP contribution in [-0.2, 0) is 4.74 Å². The molecule has 2 heterocycles. The molecule has 0 saturated carbocycles. The Kier molecular flexibility index (Phi) is 6.29. The van der Waals surface area contributed by atoms with E-state index in [0.717, 1.165) is 17.9 Å². The van der Waals surface area contributed by atoms with Gasteiger partial charge in [0.25, 0.3) is 0 Å². The third kappa shape index (κ3) is 3.74. The maximum absolute atomic E-state index is 10.0. The number of hydrogen-bond donors (Lipinski definition) is 3. The smallest absolute Gasteiger partial charge is 0.134 e. The molecule has 0 bridgehead atoms. The van der Waals surface area contributed by atoms with Gasteiger partial charge in [0.2, 0.25) is 0 Å². The van der Waals surface area contributed by atoms with E-state index in [0.29, 0.717) is 0 Å². The zero-order valence-electron chi connectivity index (χ0n) is 11.9. The molecule has 116 valence electrons. The molecule has 2 aliphatic rings. The molecule has 0 radical (unpaired) electrons. The lowest BCUT2D eigenvalue weighted by molar-refractivity contribution is -0.164. The van der Waals surface area contributed by atoms with Crippen LogP contribution in [-0.4, -0.2) is 56.8 Å². The van der Waals surface area contributed by atoms with Gasteiger partial charge in [-0.2, -0.15) is 0 Å². The van der Waals surface area contributed by atoms with Gasteiger partial charge in [0.15, 0.2) is 0 Å². The van der Waals surface area contributed by atoms with Crippen molar-refractivity contribution in [2.75, 3.05) is 6.61 Å². The first kappa shape index (κ1) is 16.2. The fourth-order valence-corrected chi connectivity index (χ4v) is 3.91. The summed E-state index contributed by atoms with van der Waals surface area (Å²) in [5, 5.41) is 30.0. The molecule has 0 amide bonds. The lowest BCUT2D eigenvalue weighted by atomic mass is 9.99. The Morgan fingerprint density at radius 3 is 2.60 bits per heavy atom. The molecule has 5 nitrogen and oxygen atoms in total. The molecule has 0 aliphatic carbocycles. The minimum Gasteiger partial charge on any atom is -0.394 e. The molecule has 1 fully saturated rings. The first-order chi connectivity index (χ1) is 9.67. The summed E-state index contributed by atoms with van der Waals surface area (Å²) in [7, 11) is 0. The lowest BCUT2D eigenvalue weighted by Gasteiger charge is -2.37. The van der Waals surface area contributed by atoms with E-state index in [2.05, 4.69) is 11.9 Å². The first-order valence-corrected chi connectivity index (χ1v) is 8.41. The largest absolute Gasteiger partial charge is 0.394 e. The highest BCUT2D eigenvalue weighted by Crippen LogP contribution is 2.37. The topological polar surface area (TPSA) is 82.3 Å². The molecule has 3 N–H and O–H groups in total. The van der Waals surface area contributed by atoms with Crippen molar-refractivity contribution >= 4 is 16.8 Å². The summed E-state index contributed by atoms with van der Waals surface area (Å²) in [5.41, 5.74) is -0.267. The molecule has 5 atom stereocenters. The quantitative estimate of drug-likeness (QED) is 0.618. The van der Waals surface area contributed by atoms with Crippen LogP contribution in [0.3, 0.4) is 0 Å². The van der Waals surface area contributed by atoms with Gasteiger partial charge in [-0.15, -0.1) is 0 Å². The van der Waals surface area contributed by atoms with Gasteiger partial charge in [-0.1, -0.05) is 44.4 Å². The average Bonchev–Trinajstić information content (AvgIpc) is 2.85. The van der Waals surface area contributed by atoms with Crippen LogP contribution in [0.5, 0.6) is 0 Å². The Bertz CT molecular complexity index is 339. The van der Waals surface area contributed by atoms with E-state index in [1.807, 2.05) is 0 Å². The van der Waals surface area contributed by atoms with Gasteiger partial charge >= 0.3 is 0 Å². The van der Waals surface area contributed by atoms with Crippen LogP contribution in [0.25, 0.3) is 0 Å². The molecule has 0 aromatic carbocycles. The van der Waals surface area contributed by atoms with Gasteiger partial charge in [0, 0.05) is 0 Å². The molecule has 6 heteroatoms. The second kappa shape index (κ2) is 7.75. The van der Waals surface area contributed by atoms with E-state index in [1.165, 1.54) is 37.4 Å². The maximum atomic E-state index is 10.0. The Balaban J connectivity index is 1.81. The minimum absolute atomic E-state index is 0.267. The molecule has 20 heavy (non-hydrogen) atoms. The monoisotopic (exact) mass is 303 g/mol. The van der Waals surface area contributed by atoms with Crippen LogP contribution >= 0.6 is 11.8 Å². The van der Waals surface area contributed by atoms with Crippen molar-refractivity contribution in [2.24, 2.45) is 4.99 Å². The molecule has 2 rings (SSSR count). The predicted molar refractivity (Wildman–Crippen MR) is 80.0 cm³/mol. The SMILES string of the molecule is CCCCCCCC1=N[C@@H]2[C@@H](O)[C@H](O)C(CO)O[C@@H]2S1. The second-order valence-electron chi connectivity index (χ2n) is 5.50. The second-order valence-corrected chi connectivity index (χ2v) is 6.67. The van der Waals surface area contributed by atoms with Gasteiger partial charge in [-0.25, -0.2) is 0 Å². The molecular formula is C14H25NO4S. The van der Waals surface area contributed by atoms with Gasteiger partial charge in [0.05, 0.1) is 11.7 Å². The predicted octanol–water partition coefficient (Wildman–Crippen LogP) is 1.30. The van der Waals surface area contributed by atoms with Gasteiger partial charge in [-0.3, -0.25) is 4.99 Å². The highest BCUT2D eigenvalue weighted by atomic mass is 32.2. The highest BCUT2D eigenvalue weighted by Gasteiger charge is 2.47. The first-order valence-electron chi connectivity index (χ1n) is 7.53. The lowest BCUT2D eigenvalue weighted by Crippen LogP contribution is -2.55. The molecule has 0 aromatic rings. The summed E-state index contributed by atoms with van der Waals surface area (Å²) in [6.45, 7) is 1.91. The van der Waals surface area contributed by atoms with Gasteiger partial charge < -0.3 is 20.1 Å². The summed E-state index contributed by atoms with van der Waals surface area (Å²) in [6, 6.07) is -0.400. The number of nitrogens with zero attached hydrogens (tertiary/aromatic N) is 1. The van der Waals surface area contributed by atoms with Crippen molar-refractivity contribution in [3.8, 4) is 0 Å². The summed E-state index contributed by atoms with van der Waals surface area (Å²) in [4.78, 5) is 4.49. The normalized spacial score (nSPS) is 36.8. The van der Waals surface area contributed by atoms with Gasteiger partial charge in [0.1, 0.15) is 29.8 Å². The number of thioether (sulfide) groups is 1. The van der Waals surface area contributed by atoms with Gasteiger partial charge in [-0.05, 0) is 12.8 Å². The third-order valence-electron chi connectivity index (χ3n) is 3.89. The number of aliphatic hydroxyl groups is 3. The van der Waals surface area contributed by atoms with Crippen LogP contribution < -0.4 is 0 Å². The van der Waals surface area contributed by atoms with E-state index >= 15 is 0 Å². The molecule has 1 saturated heterocycles. The number of ether oxygens (including phenoxy) is 1. The summed E-state index contributed by atoms with van der Waals surface area (Å²) >= 11 is 1.53. The van der Waals surface area contributed by atoms with E-state index in [1.54, 1.807) is 0 Å². The van der Waals surface area contributed by atoms with E-state index < -0.39 is 24.4 Å². The standard InChI is InChI=1S/C14H25NO4S/c1-2-3-4-5-6-7-10-15-11-13(18)12(17)9(8-16)19-14(11)20-10/h9,11-14,16-18H,2-8H2,1H3/t9?,11-,12-,13-,14-/m1/s1. The Labute approximate surface area is 124 Å². The van der Waals surface area contributed by atoms with Crippen molar-refractivity contribution in [3.63, 3.8) is 0 Å². The number of fused-ring (bicyclic) bond motifs is 1. The van der Waals surface area contributed by atoms with Crippen LogP contribution in [0.1, 0.15) is 45.4 Å². The molecule has 2 aliphatic heterocycles. The summed E-state index contributed by atoms with van der Waals surface area (Å²) < 4.78 is 5.61. The van der Waals surface area contributed by atoms with Crippen molar-refractivity contribution in [3.05, 3.63) is 0 Å². The Morgan fingerprint density at radius 2 is 1.90 bits per heavy atom. The number of aliphatic hydroxyl groups excluding tert-OH is 3. The zero-order chi connectivity index (χ0) is 14.5. The highest BCUT2D eigenvalue weighted by molar-refractivity contribution is 8.14. The number of hydrogen-bond acceptors (Lipinski definition) is 6. The van der Waals surface area contributed by atoms with Crippen molar-refractivity contribution < 1.29 is 20.1 Å². The van der Waals surface area contributed by atoms with Crippen LogP contribution in [0.2, 0.25) is 0 Å². The van der Waals surface area contributed by atoms with Crippen LogP contribution in [0.4, 0.5) is 0 Å². The Morgan fingerprint density at radius 1 is 1.15 bits per heavy atom. The van der Waals surface area contributed by atoms with E-state index in [9.17, 15) is 10.2 Å². The Hall–Kier alpha value is -0.140. The zero-order valence-corrected chi connectivity index (χ0v) is 12.8. The minimum atomic E-state index is -1.06. The fourth-order valence-electron chi connectivity index (χ4n) is 2.64. The third-order valence-corrected chi connectivity index (χ3v) is 5.09. The molecule has 0 aromatic heterocycles. The van der Waals surface area contributed by atoms with Crippen LogP contribution in [0.15, 0.2) is 4.99 Å². The summed E-state index contributed by atoms with van der Waals surface area (Å²) in [5.74, 6) is 0. The molecule has 0 spiro atoms. The maximum Gasteiger partial charge on any atom is 0.134 e. The number of unbranched alkanes of at least 4 members (excludes halogenated alkanes) is 4. The average molecular weight is 303 g/mol. The summed E-state index contributed by atoms with van der Waals surface area (Å²) in [6.07, 6.45) is 4.27. The van der Waals surface area contributed by atoms with E-state index in [-0.39, 0.29) is 12.0 Å². The van der Waals surface area contributed by atoms with Crippen molar-refractivity contribution in [1.82, 2.24) is 0 Å². The molecule has 1 unspecified atom stereocenters. The van der Waals surface area contributed by atoms with Crippen LogP contribution in [0, 0.1) is 0 Å². The van der Waals surface area contributed by atoms with E-state index in [4.69, 9.17) is 9.84 Å².